The third-order valence-electron chi connectivity index (χ3n) is 2.72. The molecule has 0 saturated carbocycles. The number of hydrogen-bond acceptors (Lipinski definition) is 4. The zero-order valence-corrected chi connectivity index (χ0v) is 12.8. The van der Waals surface area contributed by atoms with E-state index in [2.05, 4.69) is 11.8 Å². The minimum atomic E-state index is -2.91. The van der Waals surface area contributed by atoms with Crippen LogP contribution in [0.1, 0.15) is 17.5 Å². The fourth-order valence-electron chi connectivity index (χ4n) is 1.63. The average Bonchev–Trinajstić information content (AvgIpc) is 2.38. The first-order valence-electron chi connectivity index (χ1n) is 6.45. The van der Waals surface area contributed by atoms with Crippen LogP contribution in [0, 0.1) is 11.8 Å². The van der Waals surface area contributed by atoms with Crippen LogP contribution >= 0.6 is 0 Å². The van der Waals surface area contributed by atoms with E-state index in [0.29, 0.717) is 19.5 Å². The Bertz CT molecular complexity index is 567. The van der Waals surface area contributed by atoms with E-state index in [9.17, 15) is 8.42 Å². The smallest absolute Gasteiger partial charge is 0.148 e. The Balaban J connectivity index is 2.51. The van der Waals surface area contributed by atoms with E-state index in [1.54, 1.807) is 0 Å². The van der Waals surface area contributed by atoms with Gasteiger partial charge in [0, 0.05) is 31.3 Å². The number of aliphatic hydroxyl groups excluding tert-OH is 1. The Hall–Kier alpha value is -1.35. The Labute approximate surface area is 121 Å². The van der Waals surface area contributed by atoms with Crippen molar-refractivity contribution in [2.45, 2.75) is 13.0 Å². The molecule has 0 spiro atoms. The molecule has 0 aliphatic heterocycles. The zero-order chi connectivity index (χ0) is 15.0. The van der Waals surface area contributed by atoms with Crippen molar-refractivity contribution >= 4 is 9.84 Å². The summed E-state index contributed by atoms with van der Waals surface area (Å²) < 4.78 is 22.2. The maximum Gasteiger partial charge on any atom is 0.148 e. The Kier molecular flexibility index (Phi) is 6.73. The van der Waals surface area contributed by atoms with Crippen molar-refractivity contribution in [1.82, 2.24) is 4.90 Å². The van der Waals surface area contributed by atoms with Gasteiger partial charge in [-0.1, -0.05) is 24.0 Å². The molecule has 1 aromatic rings. The predicted molar refractivity (Wildman–Crippen MR) is 81.1 cm³/mol. The van der Waals surface area contributed by atoms with Gasteiger partial charge in [0.25, 0.3) is 0 Å². The van der Waals surface area contributed by atoms with Gasteiger partial charge in [-0.2, -0.15) is 0 Å². The second kappa shape index (κ2) is 8.05. The molecule has 1 rings (SSSR count). The minimum Gasteiger partial charge on any atom is -0.395 e. The normalized spacial score (nSPS) is 11.2. The summed E-state index contributed by atoms with van der Waals surface area (Å²) in [5, 5.41) is 8.64. The molecule has 20 heavy (non-hydrogen) atoms. The summed E-state index contributed by atoms with van der Waals surface area (Å²) in [5.74, 6) is 6.01. The van der Waals surface area contributed by atoms with Gasteiger partial charge in [0.2, 0.25) is 0 Å². The highest BCUT2D eigenvalue weighted by Crippen LogP contribution is 2.06. The number of rotatable bonds is 6. The van der Waals surface area contributed by atoms with Crippen LogP contribution in [-0.4, -0.2) is 50.6 Å². The molecule has 0 aromatic heterocycles. The monoisotopic (exact) mass is 295 g/mol. The predicted octanol–water partition coefficient (Wildman–Crippen LogP) is 0.897. The fraction of sp³-hybridized carbons (Fsp3) is 0.467. The van der Waals surface area contributed by atoms with Gasteiger partial charge in [0.1, 0.15) is 9.84 Å². The van der Waals surface area contributed by atoms with Gasteiger partial charge in [0.15, 0.2) is 0 Å². The van der Waals surface area contributed by atoms with Crippen LogP contribution < -0.4 is 0 Å². The highest BCUT2D eigenvalue weighted by Gasteiger charge is 2.06. The third-order valence-corrected chi connectivity index (χ3v) is 3.64. The summed E-state index contributed by atoms with van der Waals surface area (Å²) in [6.45, 7) is 1.31. The summed E-state index contributed by atoms with van der Waals surface area (Å²) in [7, 11) is -1.01. The first-order valence-corrected chi connectivity index (χ1v) is 8.52. The van der Waals surface area contributed by atoms with E-state index in [4.69, 9.17) is 5.11 Å². The van der Waals surface area contributed by atoms with Crippen LogP contribution in [0.2, 0.25) is 0 Å². The van der Waals surface area contributed by atoms with Crippen LogP contribution in [0.15, 0.2) is 24.3 Å². The average molecular weight is 295 g/mol. The topological polar surface area (TPSA) is 57.6 Å². The van der Waals surface area contributed by atoms with Crippen LogP contribution in [0.3, 0.4) is 0 Å². The quantitative estimate of drug-likeness (QED) is 0.792. The van der Waals surface area contributed by atoms with E-state index in [1.165, 1.54) is 6.26 Å². The molecule has 1 aromatic carbocycles. The molecule has 5 heteroatoms. The molecule has 0 unspecified atom stereocenters. The van der Waals surface area contributed by atoms with E-state index in [0.717, 1.165) is 11.1 Å². The first-order chi connectivity index (χ1) is 9.40. The molecular weight excluding hydrogens is 274 g/mol. The molecule has 1 N–H and O–H groups in total. The number of sulfone groups is 1. The van der Waals surface area contributed by atoms with E-state index in [1.807, 2.05) is 36.2 Å². The lowest BCUT2D eigenvalue weighted by Gasteiger charge is -2.15. The van der Waals surface area contributed by atoms with E-state index >= 15 is 0 Å². The van der Waals surface area contributed by atoms with Crippen molar-refractivity contribution in [1.29, 1.82) is 0 Å². The van der Waals surface area contributed by atoms with Gasteiger partial charge in [-0.25, -0.2) is 8.42 Å². The molecular formula is C15H21NO3S. The maximum absolute atomic E-state index is 11.1. The molecule has 0 amide bonds. The summed E-state index contributed by atoms with van der Waals surface area (Å²) in [6, 6.07) is 7.84. The van der Waals surface area contributed by atoms with E-state index < -0.39 is 9.84 Å². The van der Waals surface area contributed by atoms with Crippen molar-refractivity contribution in [2.24, 2.45) is 0 Å². The number of aliphatic hydroxyl groups is 1. The van der Waals surface area contributed by atoms with Crippen LogP contribution in [0.25, 0.3) is 0 Å². The fourth-order valence-corrected chi connectivity index (χ4v) is 2.27. The summed E-state index contributed by atoms with van der Waals surface area (Å²) >= 11 is 0. The second-order valence-corrected chi connectivity index (χ2v) is 7.10. The first kappa shape index (κ1) is 16.7. The van der Waals surface area contributed by atoms with Gasteiger partial charge in [-0.15, -0.1) is 0 Å². The Morgan fingerprint density at radius 1 is 1.25 bits per heavy atom. The largest absolute Gasteiger partial charge is 0.395 e. The van der Waals surface area contributed by atoms with Crippen LogP contribution in [0.5, 0.6) is 0 Å². The molecule has 110 valence electrons. The number of benzene rings is 1. The maximum atomic E-state index is 11.1. The Morgan fingerprint density at radius 3 is 2.45 bits per heavy atom. The molecule has 4 nitrogen and oxygen atoms in total. The van der Waals surface area contributed by atoms with Crippen molar-refractivity contribution in [3.8, 4) is 11.8 Å². The molecule has 0 heterocycles. The number of nitrogens with zero attached hydrogens (tertiary/aromatic N) is 1. The van der Waals surface area contributed by atoms with Gasteiger partial charge < -0.3 is 10.0 Å². The minimum absolute atomic E-state index is 0.0796. The van der Waals surface area contributed by atoms with Gasteiger partial charge in [-0.3, -0.25) is 0 Å². The molecule has 0 bridgehead atoms. The molecule has 0 fully saturated rings. The lowest BCUT2D eigenvalue weighted by molar-refractivity contribution is 0.305. The van der Waals surface area contributed by atoms with Gasteiger partial charge >= 0.3 is 0 Å². The van der Waals surface area contributed by atoms with Crippen molar-refractivity contribution in [3.05, 3.63) is 35.4 Å². The number of hydrogen-bond donors (Lipinski definition) is 1. The van der Waals surface area contributed by atoms with Crippen molar-refractivity contribution in [2.75, 3.05) is 32.2 Å². The molecule has 0 atom stereocenters. The second-order valence-electron chi connectivity index (χ2n) is 4.84. The molecule has 0 saturated heterocycles. The zero-order valence-electron chi connectivity index (χ0n) is 12.0. The molecule has 0 radical (unpaired) electrons. The summed E-state index contributed by atoms with van der Waals surface area (Å²) in [6.07, 6.45) is 1.73. The van der Waals surface area contributed by atoms with Crippen LogP contribution in [0.4, 0.5) is 0 Å². The lowest BCUT2D eigenvalue weighted by atomic mass is 10.1. The van der Waals surface area contributed by atoms with Crippen molar-refractivity contribution < 1.29 is 13.5 Å². The SMILES string of the molecule is CN(CCS(C)(=O)=O)Cc1ccc(C#CCCO)cc1. The summed E-state index contributed by atoms with van der Waals surface area (Å²) in [5.41, 5.74) is 2.04. The third kappa shape index (κ3) is 7.29. The van der Waals surface area contributed by atoms with Gasteiger partial charge in [-0.05, 0) is 24.7 Å². The van der Waals surface area contributed by atoms with Gasteiger partial charge in [0.05, 0.1) is 12.4 Å². The Morgan fingerprint density at radius 2 is 1.90 bits per heavy atom. The standard InChI is InChI=1S/C15H21NO3S/c1-16(10-12-20(2,18)19)13-15-8-6-14(7-9-15)5-3-4-11-17/h6-9,17H,4,10-13H2,1-2H3. The highest BCUT2D eigenvalue weighted by atomic mass is 32.2. The highest BCUT2D eigenvalue weighted by molar-refractivity contribution is 7.90. The summed E-state index contributed by atoms with van der Waals surface area (Å²) in [4.78, 5) is 1.98. The molecule has 0 aliphatic carbocycles. The van der Waals surface area contributed by atoms with E-state index in [-0.39, 0.29) is 12.4 Å². The van der Waals surface area contributed by atoms with Crippen molar-refractivity contribution in [3.63, 3.8) is 0 Å². The van der Waals surface area contributed by atoms with Crippen LogP contribution in [-0.2, 0) is 16.4 Å². The lowest BCUT2D eigenvalue weighted by Crippen LogP contribution is -2.24. The molecule has 0 aliphatic rings.